The number of hydrogen-bond donors (Lipinski definition) is 1. The molecule has 30 heavy (non-hydrogen) atoms. The summed E-state index contributed by atoms with van der Waals surface area (Å²) in [6, 6.07) is 14.5. The second-order valence-corrected chi connectivity index (χ2v) is 9.55. The number of ether oxygens (including phenoxy) is 1. The third-order valence-corrected chi connectivity index (χ3v) is 6.74. The minimum atomic E-state index is -0.797. The number of benzene rings is 2. The molecule has 2 aliphatic rings. The molecule has 0 bridgehead atoms. The van der Waals surface area contributed by atoms with Crippen molar-refractivity contribution in [2.75, 3.05) is 32.8 Å². The van der Waals surface area contributed by atoms with Crippen LogP contribution < -0.4 is 4.74 Å². The van der Waals surface area contributed by atoms with Crippen molar-refractivity contribution < 1.29 is 14.6 Å². The minimum absolute atomic E-state index is 0.0525. The van der Waals surface area contributed by atoms with Gasteiger partial charge in [0, 0.05) is 43.2 Å². The smallest absolute Gasteiger partial charge is 0.307 e. The lowest BCUT2D eigenvalue weighted by Gasteiger charge is -2.34. The maximum Gasteiger partial charge on any atom is 0.307 e. The van der Waals surface area contributed by atoms with Gasteiger partial charge in [-0.05, 0) is 61.4 Å². The molecule has 6 heteroatoms. The van der Waals surface area contributed by atoms with E-state index in [1.165, 1.54) is 23.3 Å². The topological polar surface area (TPSA) is 53.0 Å². The molecule has 160 valence electrons. The zero-order valence-corrected chi connectivity index (χ0v) is 18.4. The number of carboxylic acid groups (broad SMARTS) is 1. The maximum atomic E-state index is 11.1. The number of hydrogen-bond acceptors (Lipinski definition) is 5. The average molecular weight is 427 g/mol. The summed E-state index contributed by atoms with van der Waals surface area (Å²) in [7, 11) is 0. The summed E-state index contributed by atoms with van der Waals surface area (Å²) in [5.41, 5.74) is 3.23. The Labute approximate surface area is 183 Å². The number of aryl methyl sites for hydroxylation is 1. The van der Waals surface area contributed by atoms with Crippen LogP contribution in [0.1, 0.15) is 29.5 Å². The van der Waals surface area contributed by atoms with Crippen LogP contribution in [0, 0.1) is 12.8 Å². The molecule has 2 aromatic carbocycles. The largest absolute Gasteiger partial charge is 0.493 e. The quantitative estimate of drug-likeness (QED) is 0.606. The summed E-state index contributed by atoms with van der Waals surface area (Å²) >= 11 is 1.83. The fourth-order valence-corrected chi connectivity index (χ4v) is 4.54. The van der Waals surface area contributed by atoms with E-state index in [0.717, 1.165) is 56.2 Å². The Hall–Kier alpha value is -2.02. The Balaban J connectivity index is 1.35. The number of carboxylic acids is 1. The van der Waals surface area contributed by atoms with Crippen molar-refractivity contribution in [3.63, 3.8) is 0 Å². The van der Waals surface area contributed by atoms with E-state index in [1.807, 2.05) is 30.1 Å². The van der Waals surface area contributed by atoms with Crippen molar-refractivity contribution in [1.82, 2.24) is 9.21 Å². The second kappa shape index (κ2) is 9.86. The van der Waals surface area contributed by atoms with Crippen LogP contribution in [0.2, 0.25) is 0 Å². The Morgan fingerprint density at radius 3 is 2.50 bits per heavy atom. The molecule has 5 nitrogen and oxygen atoms in total. The van der Waals surface area contributed by atoms with Gasteiger partial charge in [-0.3, -0.25) is 9.69 Å². The van der Waals surface area contributed by atoms with E-state index in [4.69, 9.17) is 9.84 Å². The highest BCUT2D eigenvalue weighted by Crippen LogP contribution is 2.31. The molecule has 0 atom stereocenters. The van der Waals surface area contributed by atoms with Gasteiger partial charge in [0.2, 0.25) is 0 Å². The first-order chi connectivity index (χ1) is 14.5. The predicted molar refractivity (Wildman–Crippen MR) is 120 cm³/mol. The van der Waals surface area contributed by atoms with E-state index in [1.54, 1.807) is 0 Å². The Kier molecular flexibility index (Phi) is 6.97. The van der Waals surface area contributed by atoms with E-state index >= 15 is 0 Å². The molecule has 0 unspecified atom stereocenters. The predicted octanol–water partition coefficient (Wildman–Crippen LogP) is 4.24. The number of carbonyl (C=O) groups is 1. The molecular formula is C24H30N2O3S. The zero-order chi connectivity index (χ0) is 20.9. The molecule has 1 aliphatic heterocycles. The van der Waals surface area contributed by atoms with Crippen LogP contribution in [0.5, 0.6) is 5.75 Å². The first kappa shape index (κ1) is 21.2. The molecular weight excluding hydrogens is 396 g/mol. The van der Waals surface area contributed by atoms with Gasteiger partial charge in [0.15, 0.2) is 0 Å². The van der Waals surface area contributed by atoms with Crippen molar-refractivity contribution >= 4 is 17.9 Å². The molecule has 1 saturated carbocycles. The van der Waals surface area contributed by atoms with Crippen molar-refractivity contribution in [3.05, 3.63) is 59.2 Å². The summed E-state index contributed by atoms with van der Waals surface area (Å²) in [5, 5.41) is 9.15. The molecule has 0 amide bonds. The number of aliphatic carboxylic acids is 1. The molecule has 1 heterocycles. The second-order valence-electron chi connectivity index (χ2n) is 8.38. The molecule has 0 radical (unpaired) electrons. The van der Waals surface area contributed by atoms with Crippen molar-refractivity contribution in [3.8, 4) is 5.75 Å². The molecule has 2 fully saturated rings. The van der Waals surface area contributed by atoms with E-state index in [9.17, 15) is 4.79 Å². The first-order valence-corrected chi connectivity index (χ1v) is 11.5. The third kappa shape index (κ3) is 6.24. The van der Waals surface area contributed by atoms with Gasteiger partial charge in [0.05, 0.1) is 13.0 Å². The van der Waals surface area contributed by atoms with E-state index in [2.05, 4.69) is 40.4 Å². The summed E-state index contributed by atoms with van der Waals surface area (Å²) in [4.78, 5) is 14.9. The lowest BCUT2D eigenvalue weighted by atomic mass is 10.1. The summed E-state index contributed by atoms with van der Waals surface area (Å²) < 4.78 is 8.51. The normalized spacial score (nSPS) is 17.8. The van der Waals surface area contributed by atoms with Crippen LogP contribution in [-0.4, -0.2) is 53.1 Å². The van der Waals surface area contributed by atoms with Crippen LogP contribution in [0.25, 0.3) is 0 Å². The SMILES string of the molecule is Cc1ccc(SN2CCN(Cc3cc(CC(=O)O)ccc3OCC3CC3)CC2)cc1. The maximum absolute atomic E-state index is 11.1. The van der Waals surface area contributed by atoms with Crippen LogP contribution in [0.3, 0.4) is 0 Å². The van der Waals surface area contributed by atoms with Gasteiger partial charge < -0.3 is 9.84 Å². The molecule has 2 aromatic rings. The number of nitrogens with zero attached hydrogens (tertiary/aromatic N) is 2. The number of piperazine rings is 1. The summed E-state index contributed by atoms with van der Waals surface area (Å²) in [6.45, 7) is 7.68. The Morgan fingerprint density at radius 2 is 1.83 bits per heavy atom. The number of rotatable bonds is 9. The third-order valence-electron chi connectivity index (χ3n) is 5.63. The molecule has 0 spiro atoms. The summed E-state index contributed by atoms with van der Waals surface area (Å²) in [6.07, 6.45) is 2.57. The monoisotopic (exact) mass is 426 g/mol. The highest BCUT2D eigenvalue weighted by molar-refractivity contribution is 7.97. The molecule has 4 rings (SSSR count). The van der Waals surface area contributed by atoms with Crippen LogP contribution in [0.4, 0.5) is 0 Å². The zero-order valence-electron chi connectivity index (χ0n) is 17.5. The molecule has 1 aliphatic carbocycles. The highest BCUT2D eigenvalue weighted by atomic mass is 32.2. The fourth-order valence-electron chi connectivity index (χ4n) is 3.64. The standard InChI is InChI=1S/C24H30N2O3S/c1-18-2-7-22(8-3-18)30-26-12-10-25(11-13-26)16-21-14-20(15-24(27)28)6-9-23(21)29-17-19-4-5-19/h2-3,6-9,14,19H,4-5,10-13,15-17H2,1H3,(H,27,28). The van der Waals surface area contributed by atoms with Crippen LogP contribution >= 0.6 is 11.9 Å². The Bertz CT molecular complexity index is 859. The van der Waals surface area contributed by atoms with Crippen molar-refractivity contribution in [1.29, 1.82) is 0 Å². The van der Waals surface area contributed by atoms with Gasteiger partial charge in [0.25, 0.3) is 0 Å². The average Bonchev–Trinajstić information content (AvgIpc) is 3.55. The van der Waals surface area contributed by atoms with Crippen molar-refractivity contribution in [2.45, 2.75) is 37.6 Å². The lowest BCUT2D eigenvalue weighted by Crippen LogP contribution is -2.42. The highest BCUT2D eigenvalue weighted by Gasteiger charge is 2.23. The fraction of sp³-hybridized carbons (Fsp3) is 0.458. The van der Waals surface area contributed by atoms with Gasteiger partial charge >= 0.3 is 5.97 Å². The van der Waals surface area contributed by atoms with Gasteiger partial charge in [0.1, 0.15) is 5.75 Å². The lowest BCUT2D eigenvalue weighted by molar-refractivity contribution is -0.136. The van der Waals surface area contributed by atoms with Gasteiger partial charge in [-0.25, -0.2) is 4.31 Å². The molecule has 1 N–H and O–H groups in total. The van der Waals surface area contributed by atoms with Gasteiger partial charge in [-0.1, -0.05) is 29.8 Å². The molecule has 1 saturated heterocycles. The van der Waals surface area contributed by atoms with E-state index in [-0.39, 0.29) is 6.42 Å². The van der Waals surface area contributed by atoms with Gasteiger partial charge in [-0.15, -0.1) is 0 Å². The van der Waals surface area contributed by atoms with E-state index < -0.39 is 5.97 Å². The van der Waals surface area contributed by atoms with Crippen LogP contribution in [0.15, 0.2) is 47.4 Å². The van der Waals surface area contributed by atoms with Gasteiger partial charge in [-0.2, -0.15) is 0 Å². The molecule has 0 aromatic heterocycles. The Morgan fingerprint density at radius 1 is 1.10 bits per heavy atom. The minimum Gasteiger partial charge on any atom is -0.493 e. The van der Waals surface area contributed by atoms with E-state index in [0.29, 0.717) is 5.92 Å². The summed E-state index contributed by atoms with van der Waals surface area (Å²) in [5.74, 6) is 0.806. The first-order valence-electron chi connectivity index (χ1n) is 10.7. The van der Waals surface area contributed by atoms with Crippen molar-refractivity contribution in [2.24, 2.45) is 5.92 Å². The van der Waals surface area contributed by atoms with Crippen LogP contribution in [-0.2, 0) is 17.8 Å².